The van der Waals surface area contributed by atoms with Gasteiger partial charge in [-0.1, -0.05) is 23.7 Å². The molecule has 3 N–H and O–H groups in total. The Morgan fingerprint density at radius 1 is 1.29 bits per heavy atom. The Morgan fingerprint density at radius 2 is 2.05 bits per heavy atom. The van der Waals surface area contributed by atoms with Crippen molar-refractivity contribution < 1.29 is 4.79 Å². The molecular weight excluding hydrogens is 304 g/mol. The van der Waals surface area contributed by atoms with Crippen LogP contribution in [0.15, 0.2) is 41.3 Å². The molecule has 2 aromatic rings. The van der Waals surface area contributed by atoms with Gasteiger partial charge >= 0.3 is 0 Å². The first-order valence-corrected chi connectivity index (χ1v) is 7.87. The van der Waals surface area contributed by atoms with E-state index in [9.17, 15) is 4.79 Å². The van der Waals surface area contributed by atoms with E-state index in [4.69, 9.17) is 17.3 Å². The van der Waals surface area contributed by atoms with Crippen LogP contribution in [-0.2, 0) is 4.79 Å². The standard InChI is InChI=1S/C16H17ClN2OS/c1-10-4-3-5-14(11(10)2)19-16(20)9-21-15-8-12(18)6-7-13(15)17/h3-8H,9,18H2,1-2H3,(H,19,20). The van der Waals surface area contributed by atoms with Gasteiger partial charge in [0.15, 0.2) is 0 Å². The van der Waals surface area contributed by atoms with Crippen molar-refractivity contribution in [3.63, 3.8) is 0 Å². The number of carbonyl (C=O) groups is 1. The van der Waals surface area contributed by atoms with Crippen LogP contribution in [0.3, 0.4) is 0 Å². The Hall–Kier alpha value is -1.65. The van der Waals surface area contributed by atoms with Crippen LogP contribution in [0.1, 0.15) is 11.1 Å². The van der Waals surface area contributed by atoms with E-state index in [2.05, 4.69) is 5.32 Å². The van der Waals surface area contributed by atoms with Crippen molar-refractivity contribution in [1.82, 2.24) is 0 Å². The molecule has 0 aliphatic heterocycles. The number of nitrogen functional groups attached to an aromatic ring is 1. The van der Waals surface area contributed by atoms with Gasteiger partial charge in [-0.05, 0) is 49.2 Å². The fourth-order valence-electron chi connectivity index (χ4n) is 1.85. The molecule has 0 saturated heterocycles. The van der Waals surface area contributed by atoms with Crippen LogP contribution in [0.4, 0.5) is 11.4 Å². The third-order valence-corrected chi connectivity index (χ3v) is 4.69. The minimum absolute atomic E-state index is 0.0628. The molecule has 0 aromatic heterocycles. The van der Waals surface area contributed by atoms with Gasteiger partial charge in [0, 0.05) is 16.3 Å². The lowest BCUT2D eigenvalue weighted by molar-refractivity contribution is -0.113. The highest BCUT2D eigenvalue weighted by molar-refractivity contribution is 8.00. The van der Waals surface area contributed by atoms with Crippen LogP contribution in [0.5, 0.6) is 0 Å². The minimum Gasteiger partial charge on any atom is -0.399 e. The van der Waals surface area contributed by atoms with Crippen LogP contribution in [0.25, 0.3) is 0 Å². The largest absolute Gasteiger partial charge is 0.399 e. The number of benzene rings is 2. The summed E-state index contributed by atoms with van der Waals surface area (Å²) >= 11 is 7.45. The summed E-state index contributed by atoms with van der Waals surface area (Å²) in [4.78, 5) is 12.9. The molecule has 0 unspecified atom stereocenters. The zero-order valence-corrected chi connectivity index (χ0v) is 13.5. The number of nitrogens with one attached hydrogen (secondary N) is 1. The fraction of sp³-hybridized carbons (Fsp3) is 0.188. The molecule has 21 heavy (non-hydrogen) atoms. The first-order valence-electron chi connectivity index (χ1n) is 6.51. The van der Waals surface area contributed by atoms with Crippen LogP contribution in [0, 0.1) is 13.8 Å². The van der Waals surface area contributed by atoms with E-state index < -0.39 is 0 Å². The van der Waals surface area contributed by atoms with E-state index >= 15 is 0 Å². The quantitative estimate of drug-likeness (QED) is 0.653. The molecule has 0 bridgehead atoms. The van der Waals surface area contributed by atoms with Crippen molar-refractivity contribution in [1.29, 1.82) is 0 Å². The third-order valence-electron chi connectivity index (χ3n) is 3.19. The average Bonchev–Trinajstić information content (AvgIpc) is 2.45. The molecular formula is C16H17ClN2OS. The number of halogens is 1. The molecule has 0 heterocycles. The number of anilines is 2. The van der Waals surface area contributed by atoms with E-state index in [0.29, 0.717) is 10.7 Å². The van der Waals surface area contributed by atoms with Crippen molar-refractivity contribution in [2.45, 2.75) is 18.7 Å². The first kappa shape index (κ1) is 15.7. The summed E-state index contributed by atoms with van der Waals surface area (Å²) in [7, 11) is 0. The van der Waals surface area contributed by atoms with Gasteiger partial charge in [0.25, 0.3) is 0 Å². The lowest BCUT2D eigenvalue weighted by Crippen LogP contribution is -2.15. The molecule has 0 saturated carbocycles. The van der Waals surface area contributed by atoms with E-state index in [0.717, 1.165) is 21.7 Å². The Bertz CT molecular complexity index is 673. The smallest absolute Gasteiger partial charge is 0.234 e. The molecule has 0 fully saturated rings. The summed E-state index contributed by atoms with van der Waals surface area (Å²) in [6.45, 7) is 4.01. The van der Waals surface area contributed by atoms with Gasteiger partial charge in [0.2, 0.25) is 5.91 Å². The van der Waals surface area contributed by atoms with Gasteiger partial charge in [-0.3, -0.25) is 4.79 Å². The zero-order valence-electron chi connectivity index (χ0n) is 11.9. The molecule has 5 heteroatoms. The Morgan fingerprint density at radius 3 is 2.81 bits per heavy atom. The number of hydrogen-bond acceptors (Lipinski definition) is 3. The predicted octanol–water partition coefficient (Wildman–Crippen LogP) is 4.27. The van der Waals surface area contributed by atoms with E-state index in [1.54, 1.807) is 18.2 Å². The second-order valence-corrected chi connectivity index (χ2v) is 6.20. The summed E-state index contributed by atoms with van der Waals surface area (Å²) in [6.07, 6.45) is 0. The highest BCUT2D eigenvalue weighted by atomic mass is 35.5. The highest BCUT2D eigenvalue weighted by Crippen LogP contribution is 2.29. The van der Waals surface area contributed by atoms with Crippen molar-refractivity contribution in [2.75, 3.05) is 16.8 Å². The minimum atomic E-state index is -0.0628. The molecule has 2 rings (SSSR count). The molecule has 0 spiro atoms. The number of amides is 1. The number of hydrogen-bond donors (Lipinski definition) is 2. The van der Waals surface area contributed by atoms with Crippen LogP contribution in [0.2, 0.25) is 5.02 Å². The van der Waals surface area contributed by atoms with Gasteiger partial charge < -0.3 is 11.1 Å². The predicted molar refractivity (Wildman–Crippen MR) is 91.1 cm³/mol. The normalized spacial score (nSPS) is 10.4. The van der Waals surface area contributed by atoms with Gasteiger partial charge in [-0.15, -0.1) is 11.8 Å². The molecule has 0 atom stereocenters. The molecule has 0 radical (unpaired) electrons. The number of nitrogens with two attached hydrogens (primary N) is 1. The molecule has 110 valence electrons. The van der Waals surface area contributed by atoms with E-state index in [1.165, 1.54) is 11.8 Å². The topological polar surface area (TPSA) is 55.1 Å². The Balaban J connectivity index is 1.99. The number of carbonyl (C=O) groups excluding carboxylic acids is 1. The van der Waals surface area contributed by atoms with Crippen molar-refractivity contribution in [3.8, 4) is 0 Å². The van der Waals surface area contributed by atoms with E-state index in [-0.39, 0.29) is 11.7 Å². The van der Waals surface area contributed by atoms with Gasteiger partial charge in [0.1, 0.15) is 0 Å². The number of rotatable bonds is 4. The average molecular weight is 321 g/mol. The second-order valence-electron chi connectivity index (χ2n) is 4.77. The summed E-state index contributed by atoms with van der Waals surface area (Å²) in [6, 6.07) is 11.1. The van der Waals surface area contributed by atoms with Crippen molar-refractivity contribution in [3.05, 3.63) is 52.5 Å². The lowest BCUT2D eigenvalue weighted by Gasteiger charge is -2.10. The fourth-order valence-corrected chi connectivity index (χ4v) is 2.91. The summed E-state index contributed by atoms with van der Waals surface area (Å²) < 4.78 is 0. The van der Waals surface area contributed by atoms with Crippen molar-refractivity contribution in [2.24, 2.45) is 0 Å². The van der Waals surface area contributed by atoms with Gasteiger partial charge in [0.05, 0.1) is 10.8 Å². The number of aryl methyl sites for hydroxylation is 1. The summed E-state index contributed by atoms with van der Waals surface area (Å²) in [5.41, 5.74) is 9.44. The molecule has 0 aliphatic carbocycles. The lowest BCUT2D eigenvalue weighted by atomic mass is 10.1. The third kappa shape index (κ3) is 4.16. The molecule has 3 nitrogen and oxygen atoms in total. The molecule has 1 amide bonds. The molecule has 2 aromatic carbocycles. The number of thioether (sulfide) groups is 1. The maximum absolute atomic E-state index is 12.0. The Kier molecular flexibility index (Phi) is 5.15. The van der Waals surface area contributed by atoms with E-state index in [1.807, 2.05) is 32.0 Å². The van der Waals surface area contributed by atoms with Crippen molar-refractivity contribution >= 4 is 40.6 Å². The van der Waals surface area contributed by atoms with Gasteiger partial charge in [-0.2, -0.15) is 0 Å². The Labute approximate surface area is 133 Å². The molecule has 0 aliphatic rings. The van der Waals surface area contributed by atoms with Crippen LogP contribution < -0.4 is 11.1 Å². The summed E-state index contributed by atoms with van der Waals surface area (Å²) in [5.74, 6) is 0.225. The SMILES string of the molecule is Cc1cccc(NC(=O)CSc2cc(N)ccc2Cl)c1C. The van der Waals surface area contributed by atoms with Crippen LogP contribution in [-0.4, -0.2) is 11.7 Å². The first-order chi connectivity index (χ1) is 9.97. The zero-order chi connectivity index (χ0) is 15.4. The monoisotopic (exact) mass is 320 g/mol. The second kappa shape index (κ2) is 6.87. The maximum atomic E-state index is 12.0. The highest BCUT2D eigenvalue weighted by Gasteiger charge is 2.08. The summed E-state index contributed by atoms with van der Waals surface area (Å²) in [5, 5.41) is 3.53. The maximum Gasteiger partial charge on any atom is 0.234 e. The van der Waals surface area contributed by atoms with Gasteiger partial charge in [-0.25, -0.2) is 0 Å². The van der Waals surface area contributed by atoms with Crippen LogP contribution >= 0.6 is 23.4 Å².